The average molecular weight is 415 g/mol. The Labute approximate surface area is 183 Å². The number of hydrogen-bond acceptors (Lipinski definition) is 4. The summed E-state index contributed by atoms with van der Waals surface area (Å²) >= 11 is 0. The Morgan fingerprint density at radius 1 is 1.10 bits per heavy atom. The number of hydrogen-bond donors (Lipinski definition) is 2. The zero-order chi connectivity index (χ0) is 21.8. The lowest BCUT2D eigenvalue weighted by molar-refractivity contribution is 0.323. The van der Waals surface area contributed by atoms with Crippen molar-refractivity contribution in [1.82, 2.24) is 4.90 Å². The van der Waals surface area contributed by atoms with Crippen LogP contribution >= 0.6 is 0 Å². The van der Waals surface area contributed by atoms with E-state index in [9.17, 15) is 10.2 Å². The summed E-state index contributed by atoms with van der Waals surface area (Å²) in [4.78, 5) is 4.74. The number of rotatable bonds is 11. The maximum atomic E-state index is 10.6. The zero-order valence-corrected chi connectivity index (χ0v) is 19.3. The summed E-state index contributed by atoms with van der Waals surface area (Å²) in [6.45, 7) is 10.8. The number of allylic oxidation sites excluding steroid dienone is 2. The van der Waals surface area contributed by atoms with Gasteiger partial charge in [-0.2, -0.15) is 0 Å². The van der Waals surface area contributed by atoms with Crippen molar-refractivity contribution in [2.24, 2.45) is 5.92 Å². The van der Waals surface area contributed by atoms with E-state index >= 15 is 0 Å². The summed E-state index contributed by atoms with van der Waals surface area (Å²) in [7, 11) is 0. The number of benzene rings is 1. The van der Waals surface area contributed by atoms with Gasteiger partial charge in [-0.25, -0.2) is 0 Å². The van der Waals surface area contributed by atoms with Gasteiger partial charge in [-0.15, -0.1) is 0 Å². The second-order valence-electron chi connectivity index (χ2n) is 8.55. The molecule has 0 spiro atoms. The Kier molecular flexibility index (Phi) is 10.9. The molecule has 2 N–H and O–H groups in total. The Morgan fingerprint density at radius 3 is 2.33 bits per heavy atom. The first kappa shape index (κ1) is 24.3. The Morgan fingerprint density at radius 2 is 1.77 bits per heavy atom. The molecule has 0 saturated carbocycles. The van der Waals surface area contributed by atoms with Gasteiger partial charge >= 0.3 is 0 Å². The van der Waals surface area contributed by atoms with Gasteiger partial charge in [0.2, 0.25) is 0 Å². The van der Waals surface area contributed by atoms with Gasteiger partial charge in [0, 0.05) is 43.6 Å². The molecule has 0 amide bonds. The molecule has 1 aromatic carbocycles. The van der Waals surface area contributed by atoms with Crippen LogP contribution in [0.2, 0.25) is 0 Å². The molecular formula is C26H42N2O2. The van der Waals surface area contributed by atoms with Gasteiger partial charge < -0.3 is 20.0 Å². The molecule has 2 rings (SSSR count). The lowest BCUT2D eigenvalue weighted by Gasteiger charge is -2.25. The minimum Gasteiger partial charge on any atom is -0.508 e. The molecule has 0 aromatic heterocycles. The van der Waals surface area contributed by atoms with Crippen LogP contribution < -0.4 is 4.90 Å². The van der Waals surface area contributed by atoms with E-state index in [1.807, 2.05) is 12.1 Å². The predicted octanol–water partition coefficient (Wildman–Crippen LogP) is 5.51. The van der Waals surface area contributed by atoms with E-state index in [4.69, 9.17) is 0 Å². The van der Waals surface area contributed by atoms with Crippen LogP contribution in [0.3, 0.4) is 0 Å². The van der Waals surface area contributed by atoms with Crippen LogP contribution in [-0.2, 0) is 6.42 Å². The van der Waals surface area contributed by atoms with Crippen LogP contribution in [0, 0.1) is 5.92 Å². The first-order valence-electron chi connectivity index (χ1n) is 11.9. The van der Waals surface area contributed by atoms with Crippen molar-refractivity contribution in [3.05, 3.63) is 47.7 Å². The van der Waals surface area contributed by atoms with Crippen molar-refractivity contribution >= 4 is 5.69 Å². The quantitative estimate of drug-likeness (QED) is 0.469. The van der Waals surface area contributed by atoms with E-state index in [0.29, 0.717) is 11.7 Å². The highest BCUT2D eigenvalue weighted by atomic mass is 16.3. The molecule has 0 bridgehead atoms. The highest BCUT2D eigenvalue weighted by molar-refractivity contribution is 5.53. The second kappa shape index (κ2) is 13.4. The van der Waals surface area contributed by atoms with E-state index in [1.165, 1.54) is 25.7 Å². The monoisotopic (exact) mass is 414 g/mol. The third-order valence-electron chi connectivity index (χ3n) is 5.83. The van der Waals surface area contributed by atoms with Crippen LogP contribution in [0.5, 0.6) is 5.75 Å². The van der Waals surface area contributed by atoms with Gasteiger partial charge in [0.05, 0.1) is 6.61 Å². The van der Waals surface area contributed by atoms with Crippen molar-refractivity contribution in [3.8, 4) is 5.75 Å². The summed E-state index contributed by atoms with van der Waals surface area (Å²) in [5, 5.41) is 20.1. The Balaban J connectivity index is 2.03. The van der Waals surface area contributed by atoms with Crippen molar-refractivity contribution in [2.75, 3.05) is 37.7 Å². The topological polar surface area (TPSA) is 46.9 Å². The molecule has 1 aliphatic heterocycles. The van der Waals surface area contributed by atoms with Crippen molar-refractivity contribution in [2.45, 2.75) is 65.7 Å². The fourth-order valence-electron chi connectivity index (χ4n) is 4.23. The summed E-state index contributed by atoms with van der Waals surface area (Å²) in [6.07, 6.45) is 14.3. The molecule has 1 aromatic rings. The van der Waals surface area contributed by atoms with E-state index < -0.39 is 0 Å². The first-order chi connectivity index (χ1) is 14.6. The molecule has 1 heterocycles. The lowest BCUT2D eigenvalue weighted by atomic mass is 9.99. The maximum absolute atomic E-state index is 10.6. The summed E-state index contributed by atoms with van der Waals surface area (Å²) in [6, 6.07) is 6.20. The smallest absolute Gasteiger partial charge is 0.120 e. The number of aliphatic hydroxyl groups is 1. The molecule has 1 unspecified atom stereocenters. The molecule has 1 atom stereocenters. The molecule has 1 saturated heterocycles. The Hall–Kier alpha value is -1.94. The summed E-state index contributed by atoms with van der Waals surface area (Å²) < 4.78 is 0. The number of nitrogens with zero attached hydrogens (tertiary/aromatic N) is 2. The van der Waals surface area contributed by atoms with Gasteiger partial charge in [-0.3, -0.25) is 0 Å². The fourth-order valence-corrected chi connectivity index (χ4v) is 4.23. The minimum atomic E-state index is 0.0523. The number of anilines is 1. The molecule has 30 heavy (non-hydrogen) atoms. The van der Waals surface area contributed by atoms with Crippen LogP contribution in [0.15, 0.2) is 42.1 Å². The average Bonchev–Trinajstić information content (AvgIpc) is 3.02. The zero-order valence-electron chi connectivity index (χ0n) is 19.3. The summed E-state index contributed by atoms with van der Waals surface area (Å²) in [5.74, 6) is 0.703. The van der Waals surface area contributed by atoms with E-state index in [2.05, 4.69) is 54.9 Å². The van der Waals surface area contributed by atoms with E-state index in [0.717, 1.165) is 62.4 Å². The van der Waals surface area contributed by atoms with Gasteiger partial charge in [-0.05, 0) is 61.8 Å². The molecule has 168 valence electrons. The van der Waals surface area contributed by atoms with Crippen LogP contribution in [0.4, 0.5) is 5.69 Å². The second-order valence-corrected chi connectivity index (χ2v) is 8.55. The maximum Gasteiger partial charge on any atom is 0.120 e. The number of aliphatic hydroxyl groups excluding tert-OH is 1. The standard InChI is InChI=1S/C26H42N2O2/c1-4-15-27(16-5-2)24(14-19-29)12-10-22(3)20-23-11-13-25(21-26(23)30)28-17-8-6-7-9-18-28/h10-14,21-22,29-30H,4-9,15-20H2,1-3H3/b12-10-,24-14+. The highest BCUT2D eigenvalue weighted by Crippen LogP contribution is 2.28. The molecule has 1 fully saturated rings. The third kappa shape index (κ3) is 7.71. The molecule has 4 heteroatoms. The molecule has 0 radical (unpaired) electrons. The van der Waals surface area contributed by atoms with Crippen molar-refractivity contribution < 1.29 is 10.2 Å². The molecule has 4 nitrogen and oxygen atoms in total. The number of phenols is 1. The van der Waals surface area contributed by atoms with Gasteiger partial charge in [0.25, 0.3) is 0 Å². The predicted molar refractivity (Wildman–Crippen MR) is 128 cm³/mol. The van der Waals surface area contributed by atoms with Gasteiger partial charge in [-0.1, -0.05) is 45.8 Å². The number of phenolic OH excluding ortho intramolecular Hbond substituents is 1. The number of aromatic hydroxyl groups is 1. The molecule has 0 aliphatic carbocycles. The van der Waals surface area contributed by atoms with Gasteiger partial charge in [0.1, 0.15) is 5.75 Å². The molecule has 1 aliphatic rings. The van der Waals surface area contributed by atoms with Crippen molar-refractivity contribution in [1.29, 1.82) is 0 Å². The summed E-state index contributed by atoms with van der Waals surface area (Å²) in [5.41, 5.74) is 3.23. The van der Waals surface area contributed by atoms with Crippen molar-refractivity contribution in [3.63, 3.8) is 0 Å². The molecular weight excluding hydrogens is 372 g/mol. The van der Waals surface area contributed by atoms with Crippen LogP contribution in [-0.4, -0.2) is 47.9 Å². The van der Waals surface area contributed by atoms with E-state index in [-0.39, 0.29) is 6.61 Å². The minimum absolute atomic E-state index is 0.0523. The van der Waals surface area contributed by atoms with Crippen LogP contribution in [0.1, 0.15) is 64.9 Å². The normalized spacial score (nSPS) is 16.7. The SMILES string of the molecule is CCCN(CCC)C(/C=C\C(C)Cc1ccc(N2CCCCCC2)cc1O)=C/CO. The van der Waals surface area contributed by atoms with Gasteiger partial charge in [0.15, 0.2) is 0 Å². The fraction of sp³-hybridized carbons (Fsp3) is 0.615. The van der Waals surface area contributed by atoms with Crippen LogP contribution in [0.25, 0.3) is 0 Å². The first-order valence-corrected chi connectivity index (χ1v) is 11.9. The van der Waals surface area contributed by atoms with E-state index in [1.54, 1.807) is 0 Å². The Bertz CT molecular complexity index is 670. The largest absolute Gasteiger partial charge is 0.508 e. The third-order valence-corrected chi connectivity index (χ3v) is 5.83. The highest BCUT2D eigenvalue weighted by Gasteiger charge is 2.13. The lowest BCUT2D eigenvalue weighted by Crippen LogP contribution is -2.24.